The molecule has 1 N–H and O–H groups in total. The molecule has 4 nitrogen and oxygen atoms in total. The Kier molecular flexibility index (Phi) is 1.89. The number of sulfonamides is 1. The second-order valence-corrected chi connectivity index (χ2v) is 5.52. The number of rotatable bonds is 1. The number of fused-ring (bicyclic) bond motifs is 2. The fourth-order valence-electron chi connectivity index (χ4n) is 2.28. The van der Waals surface area contributed by atoms with Crippen molar-refractivity contribution in [3.63, 3.8) is 0 Å². The number of piperazine rings is 1. The van der Waals surface area contributed by atoms with Gasteiger partial charge in [0.1, 0.15) is 0 Å². The van der Waals surface area contributed by atoms with Crippen LogP contribution in [0.4, 0.5) is 0 Å². The van der Waals surface area contributed by atoms with Crippen LogP contribution in [0.25, 0.3) is 0 Å². The molecule has 2 fully saturated rings. The summed E-state index contributed by atoms with van der Waals surface area (Å²) in [5.74, 6) is 0. The van der Waals surface area contributed by atoms with Crippen molar-refractivity contribution < 1.29 is 8.42 Å². The standard InChI is InChI=1S/C7H14N2O2S/c1-12(10,11)9-6-2-3-7(9)5-8-4-6/h6-8H,2-5H2,1H3. The molecule has 2 saturated heterocycles. The third-order valence-electron chi connectivity index (χ3n) is 2.70. The molecule has 2 rings (SSSR count). The minimum absolute atomic E-state index is 0.221. The van der Waals surface area contributed by atoms with Crippen molar-refractivity contribution in [2.75, 3.05) is 19.3 Å². The van der Waals surface area contributed by atoms with Gasteiger partial charge in [0.2, 0.25) is 10.0 Å². The Morgan fingerprint density at radius 2 is 1.75 bits per heavy atom. The van der Waals surface area contributed by atoms with Gasteiger partial charge in [-0.1, -0.05) is 0 Å². The molecule has 0 saturated carbocycles. The highest BCUT2D eigenvalue weighted by molar-refractivity contribution is 7.88. The number of hydrogen-bond acceptors (Lipinski definition) is 3. The highest BCUT2D eigenvalue weighted by Crippen LogP contribution is 2.28. The number of hydrogen-bond donors (Lipinski definition) is 1. The molecular weight excluding hydrogens is 176 g/mol. The summed E-state index contributed by atoms with van der Waals surface area (Å²) in [6, 6.07) is 0.442. The second kappa shape index (κ2) is 2.68. The molecule has 0 aliphatic carbocycles. The molecule has 5 heteroatoms. The van der Waals surface area contributed by atoms with Gasteiger partial charge < -0.3 is 5.32 Å². The Morgan fingerprint density at radius 3 is 2.08 bits per heavy atom. The molecule has 70 valence electrons. The summed E-state index contributed by atoms with van der Waals surface area (Å²) in [6.07, 6.45) is 3.35. The molecule has 2 bridgehead atoms. The smallest absolute Gasteiger partial charge is 0.211 e. The van der Waals surface area contributed by atoms with Crippen LogP contribution in [0.1, 0.15) is 12.8 Å². The van der Waals surface area contributed by atoms with Crippen LogP contribution >= 0.6 is 0 Å². The van der Waals surface area contributed by atoms with E-state index < -0.39 is 10.0 Å². The monoisotopic (exact) mass is 190 g/mol. The van der Waals surface area contributed by atoms with E-state index in [2.05, 4.69) is 5.32 Å². The Labute approximate surface area is 73.0 Å². The van der Waals surface area contributed by atoms with E-state index in [4.69, 9.17) is 0 Å². The van der Waals surface area contributed by atoms with Crippen molar-refractivity contribution in [3.05, 3.63) is 0 Å². The predicted octanol–water partition coefficient (Wildman–Crippen LogP) is -0.618. The first-order valence-corrected chi connectivity index (χ1v) is 6.13. The molecule has 2 aliphatic rings. The summed E-state index contributed by atoms with van der Waals surface area (Å²) >= 11 is 0. The third kappa shape index (κ3) is 1.26. The largest absolute Gasteiger partial charge is 0.314 e. The van der Waals surface area contributed by atoms with Crippen molar-refractivity contribution in [2.45, 2.75) is 24.9 Å². The average molecular weight is 190 g/mol. The van der Waals surface area contributed by atoms with Crippen LogP contribution in [-0.4, -0.2) is 44.2 Å². The maximum atomic E-state index is 11.3. The van der Waals surface area contributed by atoms with Crippen LogP contribution in [-0.2, 0) is 10.0 Å². The quantitative estimate of drug-likeness (QED) is 0.599. The van der Waals surface area contributed by atoms with Crippen molar-refractivity contribution in [1.82, 2.24) is 9.62 Å². The van der Waals surface area contributed by atoms with Crippen LogP contribution < -0.4 is 5.32 Å². The minimum Gasteiger partial charge on any atom is -0.314 e. The lowest BCUT2D eigenvalue weighted by Crippen LogP contribution is -2.53. The molecular formula is C7H14N2O2S. The summed E-state index contributed by atoms with van der Waals surface area (Å²) < 4.78 is 24.4. The van der Waals surface area contributed by atoms with Crippen LogP contribution in [0.15, 0.2) is 0 Å². The molecule has 2 unspecified atom stereocenters. The predicted molar refractivity (Wildman–Crippen MR) is 46.4 cm³/mol. The Bertz CT molecular complexity index is 259. The maximum absolute atomic E-state index is 11.3. The summed E-state index contributed by atoms with van der Waals surface area (Å²) in [5, 5.41) is 3.24. The molecule has 0 amide bonds. The van der Waals surface area contributed by atoms with Crippen LogP contribution in [0.2, 0.25) is 0 Å². The van der Waals surface area contributed by atoms with Gasteiger partial charge in [0.05, 0.1) is 6.26 Å². The lowest BCUT2D eigenvalue weighted by atomic mass is 10.2. The van der Waals surface area contributed by atoms with E-state index in [0.717, 1.165) is 25.9 Å². The molecule has 2 heterocycles. The van der Waals surface area contributed by atoms with Crippen molar-refractivity contribution in [1.29, 1.82) is 0 Å². The Balaban J connectivity index is 2.27. The Morgan fingerprint density at radius 1 is 1.25 bits per heavy atom. The second-order valence-electron chi connectivity index (χ2n) is 3.64. The molecule has 2 aliphatic heterocycles. The minimum atomic E-state index is -2.97. The summed E-state index contributed by atoms with van der Waals surface area (Å²) in [4.78, 5) is 0. The first-order valence-electron chi connectivity index (χ1n) is 4.28. The van der Waals surface area contributed by atoms with Gasteiger partial charge in [-0.3, -0.25) is 0 Å². The molecule has 0 aromatic carbocycles. The zero-order valence-corrected chi connectivity index (χ0v) is 7.97. The normalized spacial score (nSPS) is 37.1. The van der Waals surface area contributed by atoms with Crippen molar-refractivity contribution in [2.24, 2.45) is 0 Å². The lowest BCUT2D eigenvalue weighted by molar-refractivity contribution is 0.265. The van der Waals surface area contributed by atoms with Gasteiger partial charge in [0.25, 0.3) is 0 Å². The molecule has 0 aromatic rings. The first-order chi connectivity index (χ1) is 5.59. The molecule has 0 radical (unpaired) electrons. The summed E-state index contributed by atoms with van der Waals surface area (Å²) in [7, 11) is -2.97. The van der Waals surface area contributed by atoms with E-state index in [0.29, 0.717) is 0 Å². The van der Waals surface area contributed by atoms with Gasteiger partial charge in [-0.05, 0) is 12.8 Å². The average Bonchev–Trinajstić information content (AvgIpc) is 2.23. The van der Waals surface area contributed by atoms with Gasteiger partial charge in [-0.15, -0.1) is 0 Å². The van der Waals surface area contributed by atoms with Gasteiger partial charge in [0.15, 0.2) is 0 Å². The third-order valence-corrected chi connectivity index (χ3v) is 4.06. The Hall–Kier alpha value is -0.130. The molecule has 12 heavy (non-hydrogen) atoms. The van der Waals surface area contributed by atoms with Gasteiger partial charge in [0, 0.05) is 25.2 Å². The van der Waals surface area contributed by atoms with Gasteiger partial charge >= 0.3 is 0 Å². The van der Waals surface area contributed by atoms with E-state index in [-0.39, 0.29) is 12.1 Å². The van der Waals surface area contributed by atoms with E-state index >= 15 is 0 Å². The SMILES string of the molecule is CS(=O)(=O)N1C2CCC1CNC2. The molecule has 0 spiro atoms. The highest BCUT2D eigenvalue weighted by atomic mass is 32.2. The number of nitrogens with one attached hydrogen (secondary N) is 1. The zero-order valence-electron chi connectivity index (χ0n) is 7.16. The van der Waals surface area contributed by atoms with Gasteiger partial charge in [-0.25, -0.2) is 8.42 Å². The van der Waals surface area contributed by atoms with E-state index in [1.165, 1.54) is 6.26 Å². The highest BCUT2D eigenvalue weighted by Gasteiger charge is 2.41. The van der Waals surface area contributed by atoms with E-state index in [1.54, 1.807) is 4.31 Å². The van der Waals surface area contributed by atoms with Crippen LogP contribution in [0.3, 0.4) is 0 Å². The summed E-state index contributed by atoms with van der Waals surface area (Å²) in [5.41, 5.74) is 0. The molecule has 2 atom stereocenters. The van der Waals surface area contributed by atoms with E-state index in [9.17, 15) is 8.42 Å². The maximum Gasteiger partial charge on any atom is 0.211 e. The van der Waals surface area contributed by atoms with E-state index in [1.807, 2.05) is 0 Å². The lowest BCUT2D eigenvalue weighted by Gasteiger charge is -2.32. The topological polar surface area (TPSA) is 49.4 Å². The first kappa shape index (κ1) is 8.47. The molecule has 0 aromatic heterocycles. The van der Waals surface area contributed by atoms with Crippen molar-refractivity contribution >= 4 is 10.0 Å². The fourth-order valence-corrected chi connectivity index (χ4v) is 3.72. The van der Waals surface area contributed by atoms with Crippen LogP contribution in [0, 0.1) is 0 Å². The summed E-state index contributed by atoms with van der Waals surface area (Å²) in [6.45, 7) is 1.65. The van der Waals surface area contributed by atoms with Crippen molar-refractivity contribution in [3.8, 4) is 0 Å². The van der Waals surface area contributed by atoms with Crippen LogP contribution in [0.5, 0.6) is 0 Å². The zero-order chi connectivity index (χ0) is 8.77. The number of nitrogens with zero attached hydrogens (tertiary/aromatic N) is 1. The van der Waals surface area contributed by atoms with Gasteiger partial charge in [-0.2, -0.15) is 4.31 Å². The fraction of sp³-hybridized carbons (Fsp3) is 1.00.